The summed E-state index contributed by atoms with van der Waals surface area (Å²) in [4.78, 5) is 4.28. The second kappa shape index (κ2) is 4.74. The Bertz CT molecular complexity index is 381. The monoisotopic (exact) mass is 269 g/mol. The van der Waals surface area contributed by atoms with Crippen LogP contribution in [0.4, 0.5) is 0 Å². The van der Waals surface area contributed by atoms with Gasteiger partial charge in [-0.25, -0.2) is 5.43 Å². The van der Waals surface area contributed by atoms with E-state index in [2.05, 4.69) is 26.3 Å². The van der Waals surface area contributed by atoms with Crippen LogP contribution in [0.15, 0.2) is 34.6 Å². The number of hydrogen-bond donors (Lipinski definition) is 2. The second-order valence-electron chi connectivity index (χ2n) is 3.21. The minimum Gasteiger partial charge on any atom is -0.496 e. The summed E-state index contributed by atoms with van der Waals surface area (Å²) in [7, 11) is 0. The van der Waals surface area contributed by atoms with Crippen LogP contribution in [-0.2, 0) is 4.74 Å². The number of nitrogens with zero attached hydrogens (tertiary/aromatic N) is 1. The zero-order valence-corrected chi connectivity index (χ0v) is 9.70. The van der Waals surface area contributed by atoms with E-state index in [0.29, 0.717) is 0 Å². The van der Waals surface area contributed by atoms with E-state index in [1.165, 1.54) is 0 Å². The SMILES string of the molecule is NNC(C1=CCCO1)c1ncccc1Br. The number of aromatic nitrogens is 1. The largest absolute Gasteiger partial charge is 0.496 e. The number of pyridine rings is 1. The molecule has 15 heavy (non-hydrogen) atoms. The summed E-state index contributed by atoms with van der Waals surface area (Å²) in [5, 5.41) is 0. The lowest BCUT2D eigenvalue weighted by molar-refractivity contribution is 0.214. The molecule has 0 aromatic carbocycles. The zero-order valence-electron chi connectivity index (χ0n) is 8.11. The van der Waals surface area contributed by atoms with Crippen molar-refractivity contribution in [1.82, 2.24) is 10.4 Å². The van der Waals surface area contributed by atoms with Crippen molar-refractivity contribution in [3.05, 3.63) is 40.3 Å². The molecule has 0 fully saturated rings. The van der Waals surface area contributed by atoms with Crippen LogP contribution in [0.1, 0.15) is 18.2 Å². The molecule has 1 unspecified atom stereocenters. The predicted molar refractivity (Wildman–Crippen MR) is 60.7 cm³/mol. The van der Waals surface area contributed by atoms with Crippen molar-refractivity contribution in [3.8, 4) is 0 Å². The molecule has 80 valence electrons. The molecule has 0 saturated heterocycles. The Labute approximate surface area is 96.6 Å². The highest BCUT2D eigenvalue weighted by Gasteiger charge is 2.22. The maximum absolute atomic E-state index is 5.52. The molecular formula is C10H12BrN3O. The first kappa shape index (κ1) is 10.6. The minimum atomic E-state index is -0.178. The first-order valence-corrected chi connectivity index (χ1v) is 5.51. The van der Waals surface area contributed by atoms with Crippen molar-refractivity contribution in [3.63, 3.8) is 0 Å². The molecule has 0 spiro atoms. The fraction of sp³-hybridized carbons (Fsp3) is 0.300. The van der Waals surface area contributed by atoms with Crippen LogP contribution in [0.2, 0.25) is 0 Å². The molecule has 0 saturated carbocycles. The Balaban J connectivity index is 2.30. The van der Waals surface area contributed by atoms with Crippen LogP contribution in [0.25, 0.3) is 0 Å². The summed E-state index contributed by atoms with van der Waals surface area (Å²) in [5.74, 6) is 6.37. The van der Waals surface area contributed by atoms with Gasteiger partial charge in [-0.05, 0) is 34.1 Å². The molecule has 1 aliphatic rings. The van der Waals surface area contributed by atoms with Gasteiger partial charge >= 0.3 is 0 Å². The molecule has 1 aliphatic heterocycles. The van der Waals surface area contributed by atoms with E-state index in [0.717, 1.165) is 29.0 Å². The lowest BCUT2D eigenvalue weighted by atomic mass is 10.1. The summed E-state index contributed by atoms with van der Waals surface area (Å²) in [6.07, 6.45) is 4.70. The molecule has 1 aromatic heterocycles. The quantitative estimate of drug-likeness (QED) is 0.647. The molecule has 1 aromatic rings. The number of rotatable bonds is 3. The van der Waals surface area contributed by atoms with Crippen LogP contribution in [0.3, 0.4) is 0 Å². The third-order valence-electron chi connectivity index (χ3n) is 2.24. The Hall–Kier alpha value is -0.910. The number of hydrogen-bond acceptors (Lipinski definition) is 4. The summed E-state index contributed by atoms with van der Waals surface area (Å²) >= 11 is 3.44. The highest BCUT2D eigenvalue weighted by molar-refractivity contribution is 9.10. The van der Waals surface area contributed by atoms with Crippen molar-refractivity contribution < 1.29 is 4.74 Å². The molecule has 0 radical (unpaired) electrons. The van der Waals surface area contributed by atoms with Crippen LogP contribution < -0.4 is 11.3 Å². The lowest BCUT2D eigenvalue weighted by Crippen LogP contribution is -2.30. The van der Waals surface area contributed by atoms with E-state index in [-0.39, 0.29) is 6.04 Å². The molecule has 3 N–H and O–H groups in total. The van der Waals surface area contributed by atoms with Crippen LogP contribution in [0, 0.1) is 0 Å². The van der Waals surface area contributed by atoms with Gasteiger partial charge in [-0.15, -0.1) is 0 Å². The van der Waals surface area contributed by atoms with Crippen molar-refractivity contribution in [2.24, 2.45) is 5.84 Å². The summed E-state index contributed by atoms with van der Waals surface area (Å²) in [6.45, 7) is 0.720. The van der Waals surface area contributed by atoms with Gasteiger partial charge < -0.3 is 4.74 Å². The first-order chi connectivity index (χ1) is 7.33. The van der Waals surface area contributed by atoms with Gasteiger partial charge in [-0.1, -0.05) is 0 Å². The number of ether oxygens (including phenoxy) is 1. The van der Waals surface area contributed by atoms with Crippen LogP contribution >= 0.6 is 15.9 Å². The Morgan fingerprint density at radius 1 is 1.60 bits per heavy atom. The molecule has 4 nitrogen and oxygen atoms in total. The van der Waals surface area contributed by atoms with Gasteiger partial charge in [0.15, 0.2) is 0 Å². The predicted octanol–water partition coefficient (Wildman–Crippen LogP) is 1.65. The summed E-state index contributed by atoms with van der Waals surface area (Å²) < 4.78 is 6.39. The summed E-state index contributed by atoms with van der Waals surface area (Å²) in [6, 6.07) is 3.62. The Kier molecular flexibility index (Phi) is 3.35. The van der Waals surface area contributed by atoms with Gasteiger partial charge in [0, 0.05) is 17.1 Å². The number of nitrogens with two attached hydrogens (primary N) is 1. The fourth-order valence-corrected chi connectivity index (χ4v) is 2.03. The smallest absolute Gasteiger partial charge is 0.121 e. The zero-order chi connectivity index (χ0) is 10.7. The molecule has 5 heteroatoms. The topological polar surface area (TPSA) is 60.2 Å². The summed E-state index contributed by atoms with van der Waals surface area (Å²) in [5.41, 5.74) is 3.56. The van der Waals surface area contributed by atoms with Gasteiger partial charge in [-0.2, -0.15) is 0 Å². The number of nitrogens with one attached hydrogen (secondary N) is 1. The average molecular weight is 270 g/mol. The van der Waals surface area contributed by atoms with Gasteiger partial charge in [0.25, 0.3) is 0 Å². The van der Waals surface area contributed by atoms with E-state index in [9.17, 15) is 0 Å². The molecular weight excluding hydrogens is 258 g/mol. The maximum Gasteiger partial charge on any atom is 0.121 e. The van der Waals surface area contributed by atoms with Crippen LogP contribution in [0.5, 0.6) is 0 Å². The van der Waals surface area contributed by atoms with E-state index in [1.54, 1.807) is 6.20 Å². The van der Waals surface area contributed by atoms with Gasteiger partial charge in [0.1, 0.15) is 11.8 Å². The van der Waals surface area contributed by atoms with Crippen molar-refractivity contribution >= 4 is 15.9 Å². The average Bonchev–Trinajstić information content (AvgIpc) is 2.75. The first-order valence-electron chi connectivity index (χ1n) is 4.72. The van der Waals surface area contributed by atoms with E-state index in [4.69, 9.17) is 10.6 Å². The standard InChI is InChI=1S/C10H12BrN3O/c11-7-3-1-5-13-9(7)10(14-12)8-4-2-6-15-8/h1,3-5,10,14H,2,6,12H2. The van der Waals surface area contributed by atoms with Gasteiger partial charge in [-0.3, -0.25) is 10.8 Å². The minimum absolute atomic E-state index is 0.178. The normalized spacial score (nSPS) is 17.1. The second-order valence-corrected chi connectivity index (χ2v) is 4.07. The molecule has 2 heterocycles. The van der Waals surface area contributed by atoms with E-state index >= 15 is 0 Å². The Morgan fingerprint density at radius 3 is 3.07 bits per heavy atom. The van der Waals surface area contributed by atoms with Gasteiger partial charge in [0.05, 0.1) is 12.3 Å². The van der Waals surface area contributed by atoms with Crippen molar-refractivity contribution in [1.29, 1.82) is 0 Å². The molecule has 0 aliphatic carbocycles. The third-order valence-corrected chi connectivity index (χ3v) is 2.91. The number of hydrazine groups is 1. The fourth-order valence-electron chi connectivity index (χ4n) is 1.54. The lowest BCUT2D eigenvalue weighted by Gasteiger charge is -2.17. The highest BCUT2D eigenvalue weighted by Crippen LogP contribution is 2.28. The van der Waals surface area contributed by atoms with Crippen LogP contribution in [-0.4, -0.2) is 11.6 Å². The van der Waals surface area contributed by atoms with Crippen molar-refractivity contribution in [2.45, 2.75) is 12.5 Å². The Morgan fingerprint density at radius 2 is 2.47 bits per heavy atom. The third kappa shape index (κ3) is 2.19. The van der Waals surface area contributed by atoms with Crippen molar-refractivity contribution in [2.75, 3.05) is 6.61 Å². The number of halogens is 1. The molecule has 1 atom stereocenters. The molecule has 0 bridgehead atoms. The molecule has 0 amide bonds. The maximum atomic E-state index is 5.52. The van der Waals surface area contributed by atoms with Gasteiger partial charge in [0.2, 0.25) is 0 Å². The highest BCUT2D eigenvalue weighted by atomic mass is 79.9. The van der Waals surface area contributed by atoms with E-state index in [1.807, 2.05) is 18.2 Å². The molecule has 2 rings (SSSR count). The van der Waals surface area contributed by atoms with E-state index < -0.39 is 0 Å².